The highest BCUT2D eigenvalue weighted by Crippen LogP contribution is 2.31. The second kappa shape index (κ2) is 8.37. The molecular formula is C24H19F2N3O. The number of carbonyl (C=O) groups excluding carboxylic acids is 1. The lowest BCUT2D eigenvalue weighted by atomic mass is 10.0. The number of nitrogens with one attached hydrogen (secondary N) is 1. The molecule has 4 aromatic rings. The zero-order chi connectivity index (χ0) is 21.1. The van der Waals surface area contributed by atoms with Crippen molar-refractivity contribution in [1.82, 2.24) is 15.3 Å². The SMILES string of the molecule is CCCNC(=O)c1ccc2nc(-c3ccc(F)cc3)c(-c3ccc(F)cc3)nc2c1. The molecule has 0 saturated heterocycles. The fourth-order valence-corrected chi connectivity index (χ4v) is 3.15. The fraction of sp³-hybridized carbons (Fsp3) is 0.125. The number of rotatable bonds is 5. The van der Waals surface area contributed by atoms with Crippen LogP contribution < -0.4 is 5.32 Å². The number of amides is 1. The van der Waals surface area contributed by atoms with E-state index in [2.05, 4.69) is 5.32 Å². The molecule has 0 aliphatic rings. The molecule has 0 fully saturated rings. The van der Waals surface area contributed by atoms with Gasteiger partial charge in [0, 0.05) is 23.2 Å². The molecular weight excluding hydrogens is 384 g/mol. The van der Waals surface area contributed by atoms with E-state index < -0.39 is 0 Å². The molecule has 0 spiro atoms. The van der Waals surface area contributed by atoms with Gasteiger partial charge in [-0.15, -0.1) is 0 Å². The van der Waals surface area contributed by atoms with Crippen LogP contribution in [0.1, 0.15) is 23.7 Å². The largest absolute Gasteiger partial charge is 0.352 e. The van der Waals surface area contributed by atoms with Crippen LogP contribution in [0.5, 0.6) is 0 Å². The zero-order valence-corrected chi connectivity index (χ0v) is 16.3. The standard InChI is InChI=1S/C24H19F2N3O/c1-2-13-27-24(30)17-7-12-20-21(14-17)29-23(16-5-10-19(26)11-6-16)22(28-20)15-3-8-18(25)9-4-15/h3-12,14H,2,13H2,1H3,(H,27,30). The summed E-state index contributed by atoms with van der Waals surface area (Å²) in [6.07, 6.45) is 0.842. The van der Waals surface area contributed by atoms with Crippen molar-refractivity contribution in [3.63, 3.8) is 0 Å². The van der Waals surface area contributed by atoms with E-state index >= 15 is 0 Å². The highest BCUT2D eigenvalue weighted by atomic mass is 19.1. The lowest BCUT2D eigenvalue weighted by molar-refractivity contribution is 0.0954. The summed E-state index contributed by atoms with van der Waals surface area (Å²) >= 11 is 0. The minimum Gasteiger partial charge on any atom is -0.352 e. The van der Waals surface area contributed by atoms with Crippen LogP contribution in [0.4, 0.5) is 8.78 Å². The van der Waals surface area contributed by atoms with Gasteiger partial charge in [0.1, 0.15) is 11.6 Å². The average Bonchev–Trinajstić information content (AvgIpc) is 2.77. The van der Waals surface area contributed by atoms with E-state index in [4.69, 9.17) is 9.97 Å². The van der Waals surface area contributed by atoms with Crippen molar-refractivity contribution in [2.75, 3.05) is 6.54 Å². The third-order valence-electron chi connectivity index (χ3n) is 4.70. The van der Waals surface area contributed by atoms with E-state index in [0.29, 0.717) is 45.7 Å². The molecule has 4 rings (SSSR count). The Kier molecular flexibility index (Phi) is 5.48. The third-order valence-corrected chi connectivity index (χ3v) is 4.70. The molecule has 0 aliphatic carbocycles. The van der Waals surface area contributed by atoms with Gasteiger partial charge in [-0.2, -0.15) is 0 Å². The van der Waals surface area contributed by atoms with E-state index in [1.54, 1.807) is 42.5 Å². The molecule has 4 nitrogen and oxygen atoms in total. The molecule has 1 aromatic heterocycles. The molecule has 0 aliphatic heterocycles. The second-order valence-electron chi connectivity index (χ2n) is 6.89. The lowest BCUT2D eigenvalue weighted by Gasteiger charge is -2.11. The van der Waals surface area contributed by atoms with Crippen LogP contribution in [0.25, 0.3) is 33.5 Å². The van der Waals surface area contributed by atoms with Crippen molar-refractivity contribution in [3.8, 4) is 22.5 Å². The summed E-state index contributed by atoms with van der Waals surface area (Å²) in [6.45, 7) is 2.57. The first kappa shape index (κ1) is 19.6. The summed E-state index contributed by atoms with van der Waals surface area (Å²) in [6, 6.07) is 17.1. The van der Waals surface area contributed by atoms with E-state index in [1.165, 1.54) is 24.3 Å². The number of carbonyl (C=O) groups is 1. The number of hydrogen-bond donors (Lipinski definition) is 1. The van der Waals surface area contributed by atoms with Gasteiger partial charge in [0.15, 0.2) is 0 Å². The van der Waals surface area contributed by atoms with Gasteiger partial charge < -0.3 is 5.32 Å². The number of halogens is 2. The van der Waals surface area contributed by atoms with Crippen LogP contribution in [0.15, 0.2) is 66.7 Å². The van der Waals surface area contributed by atoms with Gasteiger partial charge in [0.05, 0.1) is 22.4 Å². The number of hydrogen-bond acceptors (Lipinski definition) is 3. The minimum atomic E-state index is -0.356. The van der Waals surface area contributed by atoms with Gasteiger partial charge in [-0.1, -0.05) is 6.92 Å². The Hall–Kier alpha value is -3.67. The monoisotopic (exact) mass is 403 g/mol. The molecule has 150 valence electrons. The minimum absolute atomic E-state index is 0.175. The van der Waals surface area contributed by atoms with Gasteiger partial charge in [0.2, 0.25) is 0 Å². The molecule has 1 amide bonds. The molecule has 0 unspecified atom stereocenters. The highest BCUT2D eigenvalue weighted by Gasteiger charge is 2.15. The summed E-state index contributed by atoms with van der Waals surface area (Å²) in [5.41, 5.74) is 4.08. The van der Waals surface area contributed by atoms with Crippen molar-refractivity contribution in [3.05, 3.63) is 83.9 Å². The van der Waals surface area contributed by atoms with E-state index in [9.17, 15) is 13.6 Å². The maximum atomic E-state index is 13.4. The fourth-order valence-electron chi connectivity index (χ4n) is 3.15. The van der Waals surface area contributed by atoms with Gasteiger partial charge in [0.25, 0.3) is 5.91 Å². The Morgan fingerprint density at radius 1 is 0.800 bits per heavy atom. The number of nitrogens with zero attached hydrogens (tertiary/aromatic N) is 2. The number of benzene rings is 3. The molecule has 30 heavy (non-hydrogen) atoms. The Morgan fingerprint density at radius 2 is 1.33 bits per heavy atom. The molecule has 0 saturated carbocycles. The van der Waals surface area contributed by atoms with Crippen molar-refractivity contribution in [1.29, 1.82) is 0 Å². The van der Waals surface area contributed by atoms with Crippen LogP contribution >= 0.6 is 0 Å². The van der Waals surface area contributed by atoms with Crippen LogP contribution in [-0.4, -0.2) is 22.4 Å². The number of aromatic nitrogens is 2. The van der Waals surface area contributed by atoms with Crippen LogP contribution in [0.2, 0.25) is 0 Å². The smallest absolute Gasteiger partial charge is 0.251 e. The molecule has 6 heteroatoms. The summed E-state index contributed by atoms with van der Waals surface area (Å²) in [5, 5.41) is 2.84. The van der Waals surface area contributed by atoms with Gasteiger partial charge in [-0.05, 0) is 73.2 Å². The van der Waals surface area contributed by atoms with E-state index in [1.807, 2.05) is 6.92 Å². The van der Waals surface area contributed by atoms with Gasteiger partial charge in [-0.25, -0.2) is 18.7 Å². The predicted octanol–water partition coefficient (Wildman–Crippen LogP) is 5.38. The van der Waals surface area contributed by atoms with Crippen molar-refractivity contribution in [2.45, 2.75) is 13.3 Å². The topological polar surface area (TPSA) is 54.9 Å². The zero-order valence-electron chi connectivity index (χ0n) is 16.3. The lowest BCUT2D eigenvalue weighted by Crippen LogP contribution is -2.23. The molecule has 0 bridgehead atoms. The first-order valence-corrected chi connectivity index (χ1v) is 9.67. The Labute approximate surface area is 172 Å². The number of fused-ring (bicyclic) bond motifs is 1. The Balaban J connectivity index is 1.88. The highest BCUT2D eigenvalue weighted by molar-refractivity contribution is 5.98. The van der Waals surface area contributed by atoms with Crippen molar-refractivity contribution < 1.29 is 13.6 Å². The Bertz CT molecular complexity index is 1210. The molecule has 1 heterocycles. The molecule has 1 N–H and O–H groups in total. The summed E-state index contributed by atoms with van der Waals surface area (Å²) in [7, 11) is 0. The van der Waals surface area contributed by atoms with Crippen molar-refractivity contribution >= 4 is 16.9 Å². The van der Waals surface area contributed by atoms with Gasteiger partial charge >= 0.3 is 0 Å². The van der Waals surface area contributed by atoms with Crippen LogP contribution in [0, 0.1) is 11.6 Å². The van der Waals surface area contributed by atoms with E-state index in [0.717, 1.165) is 6.42 Å². The van der Waals surface area contributed by atoms with Crippen LogP contribution in [0.3, 0.4) is 0 Å². The average molecular weight is 403 g/mol. The molecule has 0 atom stereocenters. The first-order chi connectivity index (χ1) is 14.5. The summed E-state index contributed by atoms with van der Waals surface area (Å²) in [4.78, 5) is 21.8. The molecule has 0 radical (unpaired) electrons. The maximum absolute atomic E-state index is 13.4. The van der Waals surface area contributed by atoms with Crippen LogP contribution in [-0.2, 0) is 0 Å². The van der Waals surface area contributed by atoms with Gasteiger partial charge in [-0.3, -0.25) is 4.79 Å². The third kappa shape index (κ3) is 4.03. The Morgan fingerprint density at radius 3 is 1.87 bits per heavy atom. The summed E-state index contributed by atoms with van der Waals surface area (Å²) in [5.74, 6) is -0.879. The quantitative estimate of drug-likeness (QED) is 0.487. The maximum Gasteiger partial charge on any atom is 0.251 e. The second-order valence-corrected chi connectivity index (χ2v) is 6.89. The predicted molar refractivity (Wildman–Crippen MR) is 113 cm³/mol. The first-order valence-electron chi connectivity index (χ1n) is 9.67. The summed E-state index contributed by atoms with van der Waals surface area (Å²) < 4.78 is 26.9. The molecule has 3 aromatic carbocycles. The van der Waals surface area contributed by atoms with E-state index in [-0.39, 0.29) is 17.5 Å². The van der Waals surface area contributed by atoms with Crippen molar-refractivity contribution in [2.24, 2.45) is 0 Å². The normalized spacial score (nSPS) is 10.9.